The number of fused-ring (bicyclic) bond motifs is 1. The van der Waals surface area contributed by atoms with Gasteiger partial charge in [-0.25, -0.2) is 4.79 Å². The molecular formula is C18H14O2. The number of aromatic carboxylic acids is 1. The Hall–Kier alpha value is -2.61. The van der Waals surface area contributed by atoms with Crippen LogP contribution < -0.4 is 0 Å². The third-order valence-electron chi connectivity index (χ3n) is 3.44. The first kappa shape index (κ1) is 12.4. The molecule has 0 bridgehead atoms. The highest BCUT2D eigenvalue weighted by Gasteiger charge is 2.05. The van der Waals surface area contributed by atoms with Gasteiger partial charge in [0.15, 0.2) is 0 Å². The van der Waals surface area contributed by atoms with E-state index in [-0.39, 0.29) is 0 Å². The molecule has 0 aliphatic rings. The largest absolute Gasteiger partial charge is 0.478 e. The normalized spacial score (nSPS) is 10.7. The fourth-order valence-electron chi connectivity index (χ4n) is 2.38. The SMILES string of the molecule is Cc1ccc2cc(-c3cccc(C(=O)O)c3)ccc2c1. The summed E-state index contributed by atoms with van der Waals surface area (Å²) < 4.78 is 0. The lowest BCUT2D eigenvalue weighted by Crippen LogP contribution is -1.95. The Morgan fingerprint density at radius 3 is 2.35 bits per heavy atom. The average molecular weight is 262 g/mol. The molecule has 0 aliphatic carbocycles. The molecule has 0 amide bonds. The summed E-state index contributed by atoms with van der Waals surface area (Å²) in [5.41, 5.74) is 3.50. The van der Waals surface area contributed by atoms with Gasteiger partial charge in [0.25, 0.3) is 0 Å². The smallest absolute Gasteiger partial charge is 0.335 e. The predicted molar refractivity (Wildman–Crippen MR) is 81.1 cm³/mol. The van der Waals surface area contributed by atoms with Gasteiger partial charge in [-0.15, -0.1) is 0 Å². The Morgan fingerprint density at radius 2 is 1.55 bits per heavy atom. The zero-order chi connectivity index (χ0) is 14.1. The maximum atomic E-state index is 11.0. The lowest BCUT2D eigenvalue weighted by atomic mass is 9.99. The number of hydrogen-bond acceptors (Lipinski definition) is 1. The van der Waals surface area contributed by atoms with Gasteiger partial charge in [-0.2, -0.15) is 0 Å². The zero-order valence-corrected chi connectivity index (χ0v) is 11.1. The minimum atomic E-state index is -0.900. The second-order valence-electron chi connectivity index (χ2n) is 4.95. The van der Waals surface area contributed by atoms with E-state index in [1.807, 2.05) is 12.1 Å². The van der Waals surface area contributed by atoms with Gasteiger partial charge in [0.1, 0.15) is 0 Å². The summed E-state index contributed by atoms with van der Waals surface area (Å²) in [5, 5.41) is 11.4. The van der Waals surface area contributed by atoms with Gasteiger partial charge in [-0.1, -0.05) is 48.0 Å². The minimum Gasteiger partial charge on any atom is -0.478 e. The highest BCUT2D eigenvalue weighted by molar-refractivity contribution is 5.91. The van der Waals surface area contributed by atoms with E-state index in [1.54, 1.807) is 18.2 Å². The molecule has 0 spiro atoms. The van der Waals surface area contributed by atoms with E-state index in [0.717, 1.165) is 16.5 Å². The average Bonchev–Trinajstić information content (AvgIpc) is 2.47. The van der Waals surface area contributed by atoms with Crippen molar-refractivity contribution >= 4 is 16.7 Å². The molecule has 2 heteroatoms. The Labute approximate surface area is 117 Å². The number of aryl methyl sites for hydroxylation is 1. The molecule has 0 aromatic heterocycles. The predicted octanol–water partition coefficient (Wildman–Crippen LogP) is 4.51. The summed E-state index contributed by atoms with van der Waals surface area (Å²) in [5.74, 6) is -0.900. The van der Waals surface area contributed by atoms with E-state index in [4.69, 9.17) is 5.11 Å². The first-order chi connectivity index (χ1) is 9.63. The number of rotatable bonds is 2. The first-order valence-corrected chi connectivity index (χ1v) is 6.48. The topological polar surface area (TPSA) is 37.3 Å². The van der Waals surface area contributed by atoms with Gasteiger partial charge in [-0.05, 0) is 47.0 Å². The van der Waals surface area contributed by atoms with E-state index < -0.39 is 5.97 Å². The molecule has 0 aliphatic heterocycles. The number of benzene rings is 3. The second kappa shape index (κ2) is 4.82. The summed E-state index contributed by atoms with van der Waals surface area (Å²) in [7, 11) is 0. The van der Waals surface area contributed by atoms with Gasteiger partial charge in [0.05, 0.1) is 5.56 Å². The van der Waals surface area contributed by atoms with Crippen molar-refractivity contribution < 1.29 is 9.90 Å². The molecule has 3 aromatic carbocycles. The number of carboxylic acids is 1. The van der Waals surface area contributed by atoms with Gasteiger partial charge in [0, 0.05) is 0 Å². The summed E-state index contributed by atoms with van der Waals surface area (Å²) in [4.78, 5) is 11.0. The van der Waals surface area contributed by atoms with E-state index >= 15 is 0 Å². The molecule has 0 unspecified atom stereocenters. The van der Waals surface area contributed by atoms with Crippen LogP contribution in [-0.4, -0.2) is 11.1 Å². The Morgan fingerprint density at radius 1 is 0.850 bits per heavy atom. The third kappa shape index (κ3) is 2.28. The van der Waals surface area contributed by atoms with E-state index in [2.05, 4.69) is 37.3 Å². The Kier molecular flexibility index (Phi) is 2.99. The van der Waals surface area contributed by atoms with Crippen molar-refractivity contribution in [2.45, 2.75) is 6.92 Å². The van der Waals surface area contributed by atoms with E-state index in [0.29, 0.717) is 5.56 Å². The summed E-state index contributed by atoms with van der Waals surface area (Å²) in [6.07, 6.45) is 0. The lowest BCUT2D eigenvalue weighted by Gasteiger charge is -2.06. The highest BCUT2D eigenvalue weighted by Crippen LogP contribution is 2.25. The van der Waals surface area contributed by atoms with Crippen LogP contribution in [0.25, 0.3) is 21.9 Å². The molecular weight excluding hydrogens is 248 g/mol. The van der Waals surface area contributed by atoms with Crippen LogP contribution in [0.15, 0.2) is 60.7 Å². The van der Waals surface area contributed by atoms with Crippen molar-refractivity contribution in [1.29, 1.82) is 0 Å². The molecule has 0 heterocycles. The quantitative estimate of drug-likeness (QED) is 0.737. The molecule has 3 rings (SSSR count). The molecule has 20 heavy (non-hydrogen) atoms. The van der Waals surface area contributed by atoms with Crippen LogP contribution in [-0.2, 0) is 0 Å². The Balaban J connectivity index is 2.12. The van der Waals surface area contributed by atoms with Crippen molar-refractivity contribution in [3.8, 4) is 11.1 Å². The molecule has 2 nitrogen and oxygen atoms in total. The zero-order valence-electron chi connectivity index (χ0n) is 11.1. The van der Waals surface area contributed by atoms with Crippen LogP contribution in [0.1, 0.15) is 15.9 Å². The van der Waals surface area contributed by atoms with Crippen molar-refractivity contribution in [2.75, 3.05) is 0 Å². The van der Waals surface area contributed by atoms with Crippen LogP contribution in [0, 0.1) is 6.92 Å². The summed E-state index contributed by atoms with van der Waals surface area (Å²) in [6, 6.07) is 19.5. The third-order valence-corrected chi connectivity index (χ3v) is 3.44. The molecule has 0 saturated heterocycles. The lowest BCUT2D eigenvalue weighted by molar-refractivity contribution is 0.0697. The van der Waals surface area contributed by atoms with Gasteiger partial charge in [-0.3, -0.25) is 0 Å². The number of hydrogen-bond donors (Lipinski definition) is 1. The van der Waals surface area contributed by atoms with Crippen molar-refractivity contribution in [3.63, 3.8) is 0 Å². The molecule has 0 saturated carbocycles. The number of carbonyl (C=O) groups is 1. The summed E-state index contributed by atoms with van der Waals surface area (Å²) >= 11 is 0. The minimum absolute atomic E-state index is 0.312. The van der Waals surface area contributed by atoms with Gasteiger partial charge >= 0.3 is 5.97 Å². The highest BCUT2D eigenvalue weighted by atomic mass is 16.4. The fraction of sp³-hybridized carbons (Fsp3) is 0.0556. The maximum Gasteiger partial charge on any atom is 0.335 e. The molecule has 0 radical (unpaired) electrons. The first-order valence-electron chi connectivity index (χ1n) is 6.48. The molecule has 0 fully saturated rings. The van der Waals surface area contributed by atoms with E-state index in [9.17, 15) is 4.79 Å². The van der Waals surface area contributed by atoms with Gasteiger partial charge < -0.3 is 5.11 Å². The second-order valence-corrected chi connectivity index (χ2v) is 4.95. The van der Waals surface area contributed by atoms with Gasteiger partial charge in [0.2, 0.25) is 0 Å². The summed E-state index contributed by atoms with van der Waals surface area (Å²) in [6.45, 7) is 2.07. The number of carboxylic acid groups (broad SMARTS) is 1. The van der Waals surface area contributed by atoms with Crippen molar-refractivity contribution in [2.24, 2.45) is 0 Å². The molecule has 98 valence electrons. The fourth-order valence-corrected chi connectivity index (χ4v) is 2.38. The monoisotopic (exact) mass is 262 g/mol. The standard InChI is InChI=1S/C18H14O2/c1-12-5-6-15-10-16(8-7-14(15)9-12)13-3-2-4-17(11-13)18(19)20/h2-11H,1H3,(H,19,20). The molecule has 3 aromatic rings. The molecule has 1 N–H and O–H groups in total. The van der Waals surface area contributed by atoms with Crippen molar-refractivity contribution in [1.82, 2.24) is 0 Å². The molecule has 0 atom stereocenters. The maximum absolute atomic E-state index is 11.0. The van der Waals surface area contributed by atoms with Crippen LogP contribution >= 0.6 is 0 Å². The van der Waals surface area contributed by atoms with Crippen LogP contribution in [0.5, 0.6) is 0 Å². The van der Waals surface area contributed by atoms with Crippen LogP contribution in [0.3, 0.4) is 0 Å². The Bertz CT molecular complexity index is 803. The van der Waals surface area contributed by atoms with Crippen LogP contribution in [0.4, 0.5) is 0 Å². The van der Waals surface area contributed by atoms with Crippen LogP contribution in [0.2, 0.25) is 0 Å². The van der Waals surface area contributed by atoms with E-state index in [1.165, 1.54) is 10.9 Å². The van der Waals surface area contributed by atoms with Crippen molar-refractivity contribution in [3.05, 3.63) is 71.8 Å².